The van der Waals surface area contributed by atoms with Crippen LogP contribution in [0, 0.1) is 0 Å². The van der Waals surface area contributed by atoms with E-state index in [9.17, 15) is 4.39 Å². The Labute approximate surface area is 124 Å². The fourth-order valence-corrected chi connectivity index (χ4v) is 2.66. The van der Waals surface area contributed by atoms with Gasteiger partial charge in [-0.15, -0.1) is 0 Å². The first-order valence-electron chi connectivity index (χ1n) is 7.31. The van der Waals surface area contributed by atoms with Crippen LogP contribution in [0.25, 0.3) is 0 Å². The van der Waals surface area contributed by atoms with Crippen molar-refractivity contribution in [3.05, 3.63) is 35.1 Å². The molecule has 6 heteroatoms. The summed E-state index contributed by atoms with van der Waals surface area (Å²) in [6.07, 6.45) is 5.23. The van der Waals surface area contributed by atoms with Crippen molar-refractivity contribution in [1.29, 1.82) is 0 Å². The molecule has 0 saturated carbocycles. The van der Waals surface area contributed by atoms with E-state index in [0.717, 1.165) is 23.3 Å². The highest BCUT2D eigenvalue weighted by molar-refractivity contribution is 6.53. The molecular weight excluding hydrogens is 270 g/mol. The predicted octanol–water partition coefficient (Wildman–Crippen LogP) is 2.82. The minimum Gasteiger partial charge on any atom is -0.398 e. The first-order chi connectivity index (χ1) is 9.80. The number of fused-ring (bicyclic) bond motifs is 1. The van der Waals surface area contributed by atoms with E-state index in [2.05, 4.69) is 9.97 Å². The zero-order chi connectivity index (χ0) is 15.3. The minimum absolute atomic E-state index is 0.289. The fourth-order valence-electron chi connectivity index (χ4n) is 2.66. The van der Waals surface area contributed by atoms with Gasteiger partial charge in [0, 0.05) is 11.9 Å². The van der Waals surface area contributed by atoms with Gasteiger partial charge in [0.1, 0.15) is 12.1 Å². The van der Waals surface area contributed by atoms with Gasteiger partial charge in [-0.3, -0.25) is 0 Å². The van der Waals surface area contributed by atoms with Crippen LogP contribution in [0.3, 0.4) is 0 Å². The molecule has 1 saturated heterocycles. The molecule has 1 aromatic heterocycles. The molecule has 0 N–H and O–H groups in total. The van der Waals surface area contributed by atoms with Gasteiger partial charge in [-0.2, -0.15) is 0 Å². The Hall–Kier alpha value is -1.27. The maximum Gasteiger partial charge on any atom is 0.525 e. The summed E-state index contributed by atoms with van der Waals surface area (Å²) in [5.41, 5.74) is 1.40. The highest BCUT2D eigenvalue weighted by atomic mass is 19.1. The quantitative estimate of drug-likeness (QED) is 0.746. The largest absolute Gasteiger partial charge is 0.525 e. The van der Waals surface area contributed by atoms with Gasteiger partial charge in [0.2, 0.25) is 0 Å². The van der Waals surface area contributed by atoms with E-state index in [1.54, 1.807) is 6.20 Å². The maximum absolute atomic E-state index is 14.8. The number of hydrogen-bond acceptors (Lipinski definition) is 4. The molecule has 4 nitrogen and oxygen atoms in total. The molecule has 21 heavy (non-hydrogen) atoms. The highest BCUT2D eigenvalue weighted by Gasteiger charge is 2.53. The van der Waals surface area contributed by atoms with Crippen LogP contribution in [0.15, 0.2) is 23.8 Å². The number of hydrogen-bond donors (Lipinski definition) is 0. The number of aromatic nitrogens is 2. The smallest absolute Gasteiger partial charge is 0.398 e. The summed E-state index contributed by atoms with van der Waals surface area (Å²) in [5, 5.41) is 0. The van der Waals surface area contributed by atoms with E-state index in [0.29, 0.717) is 12.8 Å². The van der Waals surface area contributed by atoms with Crippen LogP contribution < -0.4 is 0 Å². The van der Waals surface area contributed by atoms with Crippen molar-refractivity contribution in [2.75, 3.05) is 0 Å². The van der Waals surface area contributed by atoms with Gasteiger partial charge in [-0.25, -0.2) is 14.4 Å². The van der Waals surface area contributed by atoms with Gasteiger partial charge in [-0.1, -0.05) is 0 Å². The van der Waals surface area contributed by atoms with Crippen LogP contribution in [-0.4, -0.2) is 28.3 Å². The van der Waals surface area contributed by atoms with Crippen LogP contribution in [0.5, 0.6) is 0 Å². The van der Waals surface area contributed by atoms with E-state index in [1.165, 1.54) is 6.33 Å². The molecule has 0 spiro atoms. The summed E-state index contributed by atoms with van der Waals surface area (Å²) in [6.45, 7) is 7.70. The van der Waals surface area contributed by atoms with Crippen molar-refractivity contribution in [2.45, 2.75) is 58.2 Å². The SMILES string of the molecule is CC1(C)OB(C(F)=C2CCc3ncncc3C2)OC1(C)C. The molecule has 0 aromatic carbocycles. The fraction of sp³-hybridized carbons (Fsp3) is 0.600. The molecule has 0 unspecified atom stereocenters. The minimum atomic E-state index is -0.906. The molecule has 112 valence electrons. The third-order valence-corrected chi connectivity index (χ3v) is 4.75. The average molecular weight is 290 g/mol. The van der Waals surface area contributed by atoms with E-state index in [1.807, 2.05) is 27.7 Å². The van der Waals surface area contributed by atoms with Crippen LogP contribution in [0.2, 0.25) is 0 Å². The summed E-state index contributed by atoms with van der Waals surface area (Å²) in [6, 6.07) is 0. The van der Waals surface area contributed by atoms with Crippen molar-refractivity contribution < 1.29 is 13.7 Å². The Balaban J connectivity index is 1.85. The summed E-state index contributed by atoms with van der Waals surface area (Å²) in [4.78, 5) is 8.25. The Morgan fingerprint density at radius 1 is 1.19 bits per heavy atom. The molecule has 1 aromatic rings. The monoisotopic (exact) mass is 290 g/mol. The van der Waals surface area contributed by atoms with E-state index in [-0.39, 0.29) is 5.73 Å². The lowest BCUT2D eigenvalue weighted by molar-refractivity contribution is 0.00578. The molecule has 0 radical (unpaired) electrons. The lowest BCUT2D eigenvalue weighted by Gasteiger charge is -2.32. The number of nitrogens with zero attached hydrogens (tertiary/aromatic N) is 2. The maximum atomic E-state index is 14.8. The van der Waals surface area contributed by atoms with Gasteiger partial charge < -0.3 is 9.31 Å². The molecule has 0 atom stereocenters. The number of allylic oxidation sites excluding steroid dienone is 1. The van der Waals surface area contributed by atoms with Crippen LogP contribution in [0.4, 0.5) is 4.39 Å². The van der Waals surface area contributed by atoms with Crippen molar-refractivity contribution in [2.24, 2.45) is 0 Å². The van der Waals surface area contributed by atoms with Crippen molar-refractivity contribution >= 4 is 7.12 Å². The predicted molar refractivity (Wildman–Crippen MR) is 78.3 cm³/mol. The van der Waals surface area contributed by atoms with Gasteiger partial charge in [-0.05, 0) is 58.1 Å². The zero-order valence-corrected chi connectivity index (χ0v) is 12.9. The highest BCUT2D eigenvalue weighted by Crippen LogP contribution is 2.40. The molecule has 1 aliphatic carbocycles. The molecule has 1 aliphatic heterocycles. The van der Waals surface area contributed by atoms with Crippen LogP contribution >= 0.6 is 0 Å². The second-order valence-electron chi connectivity index (χ2n) is 6.71. The second-order valence-corrected chi connectivity index (χ2v) is 6.71. The Morgan fingerprint density at radius 2 is 1.86 bits per heavy atom. The van der Waals surface area contributed by atoms with Gasteiger partial charge in [0.25, 0.3) is 0 Å². The van der Waals surface area contributed by atoms with Crippen LogP contribution in [0.1, 0.15) is 45.4 Å². The van der Waals surface area contributed by atoms with Crippen molar-refractivity contribution in [3.63, 3.8) is 0 Å². The Bertz CT molecular complexity index is 585. The second kappa shape index (κ2) is 4.88. The number of rotatable bonds is 1. The molecule has 2 aliphatic rings. The number of aryl methyl sites for hydroxylation is 1. The molecule has 0 amide bonds. The summed E-state index contributed by atoms with van der Waals surface area (Å²) < 4.78 is 26.3. The molecule has 1 fully saturated rings. The molecule has 3 rings (SSSR count). The van der Waals surface area contributed by atoms with Crippen molar-refractivity contribution in [3.8, 4) is 0 Å². The van der Waals surface area contributed by atoms with E-state index in [4.69, 9.17) is 9.31 Å². The van der Waals surface area contributed by atoms with Crippen LogP contribution in [-0.2, 0) is 22.2 Å². The van der Waals surface area contributed by atoms with Gasteiger partial charge in [0.15, 0.2) is 0 Å². The molecule has 0 bridgehead atoms. The molecular formula is C15H20BFN2O2. The lowest BCUT2D eigenvalue weighted by Crippen LogP contribution is -2.41. The standard InChI is InChI=1S/C15H20BFN2O2/c1-14(2)15(3,4)21-16(20-14)13(17)10-5-6-12-11(7-10)8-18-9-19-12/h8-9H,5-7H2,1-4H3. The number of halogens is 1. The first kappa shape index (κ1) is 14.7. The van der Waals surface area contributed by atoms with E-state index >= 15 is 0 Å². The summed E-state index contributed by atoms with van der Waals surface area (Å²) in [7, 11) is -0.906. The van der Waals surface area contributed by atoms with E-state index < -0.39 is 18.3 Å². The normalized spacial score (nSPS) is 25.7. The average Bonchev–Trinajstić information content (AvgIpc) is 2.66. The van der Waals surface area contributed by atoms with Gasteiger partial charge in [0.05, 0.1) is 11.2 Å². The van der Waals surface area contributed by atoms with Gasteiger partial charge >= 0.3 is 7.12 Å². The first-order valence-corrected chi connectivity index (χ1v) is 7.31. The lowest BCUT2D eigenvalue weighted by atomic mass is 9.79. The Morgan fingerprint density at radius 3 is 2.52 bits per heavy atom. The summed E-state index contributed by atoms with van der Waals surface area (Å²) >= 11 is 0. The third-order valence-electron chi connectivity index (χ3n) is 4.75. The summed E-state index contributed by atoms with van der Waals surface area (Å²) in [5.74, 6) is 0. The Kier molecular flexibility index (Phi) is 3.41. The molecule has 2 heterocycles. The van der Waals surface area contributed by atoms with Crippen molar-refractivity contribution in [1.82, 2.24) is 9.97 Å². The third kappa shape index (κ3) is 2.51. The zero-order valence-electron chi connectivity index (χ0n) is 12.9. The topological polar surface area (TPSA) is 44.2 Å².